The van der Waals surface area contributed by atoms with Gasteiger partial charge < -0.3 is 14.4 Å². The molecule has 25 heavy (non-hydrogen) atoms. The lowest BCUT2D eigenvalue weighted by Gasteiger charge is -2.39. The van der Waals surface area contributed by atoms with Gasteiger partial charge in [-0.25, -0.2) is 0 Å². The monoisotopic (exact) mass is 344 g/mol. The summed E-state index contributed by atoms with van der Waals surface area (Å²) >= 11 is 0. The van der Waals surface area contributed by atoms with E-state index in [-0.39, 0.29) is 11.7 Å². The highest BCUT2D eigenvalue weighted by Gasteiger charge is 2.45. The zero-order chi connectivity index (χ0) is 17.3. The van der Waals surface area contributed by atoms with Gasteiger partial charge in [0.1, 0.15) is 0 Å². The van der Waals surface area contributed by atoms with Gasteiger partial charge in [0.25, 0.3) is 0 Å². The summed E-state index contributed by atoms with van der Waals surface area (Å²) in [4.78, 5) is 19.0. The third-order valence-electron chi connectivity index (χ3n) is 5.64. The van der Waals surface area contributed by atoms with Crippen LogP contribution in [0.15, 0.2) is 18.2 Å². The lowest BCUT2D eigenvalue weighted by atomic mass is 9.89. The Kier molecular flexibility index (Phi) is 4.78. The van der Waals surface area contributed by atoms with E-state index in [1.54, 1.807) is 0 Å². The molecule has 3 fully saturated rings. The number of aromatic nitrogens is 1. The van der Waals surface area contributed by atoms with Crippen molar-refractivity contribution in [1.29, 1.82) is 0 Å². The molecule has 0 bridgehead atoms. The summed E-state index contributed by atoms with van der Waals surface area (Å²) in [5.74, 6) is 0.964. The molecule has 5 nitrogen and oxygen atoms in total. The van der Waals surface area contributed by atoms with Crippen molar-refractivity contribution in [1.82, 2.24) is 9.88 Å². The van der Waals surface area contributed by atoms with Crippen molar-refractivity contribution >= 4 is 5.91 Å². The van der Waals surface area contributed by atoms with Crippen molar-refractivity contribution in [2.45, 2.75) is 63.8 Å². The Labute approximate surface area is 149 Å². The predicted molar refractivity (Wildman–Crippen MR) is 94.0 cm³/mol. The molecule has 5 heteroatoms. The Morgan fingerprint density at radius 3 is 3.12 bits per heavy atom. The summed E-state index contributed by atoms with van der Waals surface area (Å²) in [5.41, 5.74) is 1.78. The molecule has 136 valence electrons. The number of hydrogen-bond acceptors (Lipinski definition) is 4. The third kappa shape index (κ3) is 4.21. The van der Waals surface area contributed by atoms with Crippen molar-refractivity contribution in [3.05, 3.63) is 29.6 Å². The largest absolute Gasteiger partial charge is 0.370 e. The number of nitrogens with zero attached hydrogens (tertiary/aromatic N) is 2. The second-order valence-electron chi connectivity index (χ2n) is 7.97. The van der Waals surface area contributed by atoms with E-state index in [0.717, 1.165) is 50.2 Å². The lowest BCUT2D eigenvalue weighted by molar-refractivity contribution is -0.139. The molecule has 1 spiro atoms. The minimum Gasteiger partial charge on any atom is -0.370 e. The summed E-state index contributed by atoms with van der Waals surface area (Å²) < 4.78 is 12.2. The number of piperidine rings is 1. The number of carbonyl (C=O) groups is 1. The first-order chi connectivity index (χ1) is 12.1. The molecule has 0 radical (unpaired) electrons. The molecule has 2 atom stereocenters. The Morgan fingerprint density at radius 1 is 1.44 bits per heavy atom. The van der Waals surface area contributed by atoms with Crippen LogP contribution in [0.5, 0.6) is 0 Å². The van der Waals surface area contributed by atoms with Crippen LogP contribution >= 0.6 is 0 Å². The average molecular weight is 344 g/mol. The van der Waals surface area contributed by atoms with E-state index in [4.69, 9.17) is 9.47 Å². The van der Waals surface area contributed by atoms with Crippen LogP contribution in [-0.4, -0.2) is 47.2 Å². The van der Waals surface area contributed by atoms with Gasteiger partial charge in [-0.05, 0) is 50.7 Å². The van der Waals surface area contributed by atoms with Gasteiger partial charge in [-0.15, -0.1) is 0 Å². The zero-order valence-electron chi connectivity index (χ0n) is 15.1. The SMILES string of the molecule is Cc1cccc(CO[C@H]2CO[C@]3(CCCN(C(=O)CC4CC4)C3)C2)n1. The van der Waals surface area contributed by atoms with Crippen molar-refractivity contribution < 1.29 is 14.3 Å². The highest BCUT2D eigenvalue weighted by Crippen LogP contribution is 2.38. The second-order valence-corrected chi connectivity index (χ2v) is 7.97. The second kappa shape index (κ2) is 7.04. The highest BCUT2D eigenvalue weighted by atomic mass is 16.6. The fourth-order valence-electron chi connectivity index (χ4n) is 4.09. The first-order valence-electron chi connectivity index (χ1n) is 9.58. The summed E-state index contributed by atoms with van der Waals surface area (Å²) in [7, 11) is 0. The van der Waals surface area contributed by atoms with Crippen LogP contribution < -0.4 is 0 Å². The number of pyridine rings is 1. The molecule has 1 saturated carbocycles. The maximum Gasteiger partial charge on any atom is 0.222 e. The minimum absolute atomic E-state index is 0.0980. The number of likely N-dealkylation sites (tertiary alicyclic amines) is 1. The number of rotatable bonds is 5. The topological polar surface area (TPSA) is 51.7 Å². The normalized spacial score (nSPS) is 29.3. The molecule has 1 aliphatic carbocycles. The quantitative estimate of drug-likeness (QED) is 0.824. The summed E-state index contributed by atoms with van der Waals surface area (Å²) in [6.45, 7) is 4.76. The summed E-state index contributed by atoms with van der Waals surface area (Å²) in [6.07, 6.45) is 6.22. The first-order valence-corrected chi connectivity index (χ1v) is 9.58. The van der Waals surface area contributed by atoms with Crippen molar-refractivity contribution in [2.75, 3.05) is 19.7 Å². The van der Waals surface area contributed by atoms with Gasteiger partial charge in [0.15, 0.2) is 0 Å². The van der Waals surface area contributed by atoms with Crippen molar-refractivity contribution in [3.63, 3.8) is 0 Å². The van der Waals surface area contributed by atoms with Gasteiger partial charge in [-0.3, -0.25) is 9.78 Å². The molecule has 2 saturated heterocycles. The molecular weight excluding hydrogens is 316 g/mol. The van der Waals surface area contributed by atoms with Crippen molar-refractivity contribution in [2.24, 2.45) is 5.92 Å². The number of ether oxygens (including phenoxy) is 2. The molecule has 3 heterocycles. The van der Waals surface area contributed by atoms with Crippen LogP contribution in [-0.2, 0) is 20.9 Å². The Morgan fingerprint density at radius 2 is 2.32 bits per heavy atom. The molecule has 0 N–H and O–H groups in total. The predicted octanol–water partition coefficient (Wildman–Crippen LogP) is 2.86. The average Bonchev–Trinajstić information content (AvgIpc) is 3.34. The van der Waals surface area contributed by atoms with Crippen LogP contribution in [0.1, 0.15) is 49.9 Å². The number of aryl methyl sites for hydroxylation is 1. The van der Waals surface area contributed by atoms with Crippen LogP contribution in [0.2, 0.25) is 0 Å². The smallest absolute Gasteiger partial charge is 0.222 e. The van der Waals surface area contributed by atoms with Gasteiger partial charge in [-0.1, -0.05) is 6.07 Å². The Bertz CT molecular complexity index is 631. The fourth-order valence-corrected chi connectivity index (χ4v) is 4.09. The Balaban J connectivity index is 1.30. The number of hydrogen-bond donors (Lipinski definition) is 0. The molecule has 1 aromatic rings. The molecule has 1 aromatic heterocycles. The first kappa shape index (κ1) is 17.0. The van der Waals surface area contributed by atoms with Gasteiger partial charge in [0.2, 0.25) is 5.91 Å². The minimum atomic E-state index is -0.192. The van der Waals surface area contributed by atoms with Crippen LogP contribution in [0.4, 0.5) is 0 Å². The zero-order valence-corrected chi connectivity index (χ0v) is 15.1. The van der Waals surface area contributed by atoms with Gasteiger partial charge in [0, 0.05) is 31.6 Å². The third-order valence-corrected chi connectivity index (χ3v) is 5.64. The van der Waals surface area contributed by atoms with E-state index in [0.29, 0.717) is 25.0 Å². The van der Waals surface area contributed by atoms with Crippen LogP contribution in [0.3, 0.4) is 0 Å². The van der Waals surface area contributed by atoms with E-state index in [2.05, 4.69) is 4.98 Å². The van der Waals surface area contributed by atoms with Crippen molar-refractivity contribution in [3.8, 4) is 0 Å². The van der Waals surface area contributed by atoms with E-state index in [9.17, 15) is 4.79 Å². The van der Waals surface area contributed by atoms with E-state index in [1.165, 1.54) is 12.8 Å². The molecule has 2 aliphatic heterocycles. The molecule has 0 aromatic carbocycles. The fraction of sp³-hybridized carbons (Fsp3) is 0.700. The summed E-state index contributed by atoms with van der Waals surface area (Å²) in [6, 6.07) is 6.00. The molecule has 0 unspecified atom stereocenters. The standard InChI is InChI=1S/C20H28N2O3/c1-15-4-2-5-17(21-15)12-24-18-11-20(25-13-18)8-3-9-22(14-20)19(23)10-16-6-7-16/h2,4-5,16,18H,3,6-14H2,1H3/t18-,20-/m1/s1. The maximum atomic E-state index is 12.4. The van der Waals surface area contributed by atoms with E-state index >= 15 is 0 Å². The number of carbonyl (C=O) groups excluding carboxylic acids is 1. The molecule has 4 rings (SSSR count). The molecule has 1 amide bonds. The van der Waals surface area contributed by atoms with Crippen LogP contribution in [0, 0.1) is 12.8 Å². The van der Waals surface area contributed by atoms with Gasteiger partial charge in [-0.2, -0.15) is 0 Å². The van der Waals surface area contributed by atoms with E-state index in [1.807, 2.05) is 30.0 Å². The highest BCUT2D eigenvalue weighted by molar-refractivity contribution is 5.77. The van der Waals surface area contributed by atoms with Crippen LogP contribution in [0.25, 0.3) is 0 Å². The summed E-state index contributed by atoms with van der Waals surface area (Å²) in [5, 5.41) is 0. The molecular formula is C20H28N2O3. The number of amides is 1. The molecule has 3 aliphatic rings. The maximum absolute atomic E-state index is 12.4. The van der Waals surface area contributed by atoms with E-state index < -0.39 is 0 Å². The van der Waals surface area contributed by atoms with Gasteiger partial charge >= 0.3 is 0 Å². The lowest BCUT2D eigenvalue weighted by Crippen LogP contribution is -2.50. The van der Waals surface area contributed by atoms with Gasteiger partial charge in [0.05, 0.1) is 30.6 Å². The Hall–Kier alpha value is -1.46.